The quantitative estimate of drug-likeness (QED) is 0.184. The van der Waals surface area contributed by atoms with Crippen LogP contribution < -0.4 is 16.0 Å². The van der Waals surface area contributed by atoms with Crippen molar-refractivity contribution in [1.82, 2.24) is 15.6 Å². The number of pyridine rings is 1. The third kappa shape index (κ3) is 7.45. The fourth-order valence-electron chi connectivity index (χ4n) is 4.02. The second-order valence-electron chi connectivity index (χ2n) is 8.57. The molecule has 1 atom stereocenters. The number of nitrogens with zero attached hydrogens (tertiary/aromatic N) is 1. The Balaban J connectivity index is 1.76. The number of benzene rings is 1. The smallest absolute Gasteiger partial charge is 0.417 e. The Morgan fingerprint density at radius 3 is 2.68 bits per heavy atom. The van der Waals surface area contributed by atoms with Crippen molar-refractivity contribution in [2.45, 2.75) is 37.9 Å². The molecule has 0 spiro atoms. The molecule has 1 unspecified atom stereocenters. The van der Waals surface area contributed by atoms with Crippen LogP contribution in [0.3, 0.4) is 0 Å². The van der Waals surface area contributed by atoms with Crippen molar-refractivity contribution in [1.29, 1.82) is 5.41 Å². The van der Waals surface area contributed by atoms with E-state index in [1.54, 1.807) is 0 Å². The number of hydrogen-bond donors (Lipinski definition) is 6. The average molecular weight is 554 g/mol. The molecule has 1 amide bonds. The minimum absolute atomic E-state index is 0.00486. The highest BCUT2D eigenvalue weighted by Gasteiger charge is 2.34. The third-order valence-corrected chi connectivity index (χ3v) is 6.26. The topological polar surface area (TPSA) is 147 Å². The first-order valence-corrected chi connectivity index (χ1v) is 12.1. The normalized spacial score (nSPS) is 14.4. The number of fused-ring (bicyclic) bond motifs is 1. The summed E-state index contributed by atoms with van der Waals surface area (Å²) in [6.45, 7) is 0.463. The fourth-order valence-corrected chi connectivity index (χ4v) is 4.24. The number of carbonyl (C=O) groups is 2. The molecule has 0 saturated carbocycles. The van der Waals surface area contributed by atoms with E-state index in [4.69, 9.17) is 17.0 Å². The number of carbonyl (C=O) groups excluding carboxylic acids is 1. The Hall–Kier alpha value is -3.64. The van der Waals surface area contributed by atoms with E-state index in [0.717, 1.165) is 42.5 Å². The molecule has 6 N–H and O–H groups in total. The molecule has 3 rings (SSSR count). The number of amides is 1. The molecular weight excluding hydrogens is 527 g/mol. The fraction of sp³-hybridized carbons (Fsp3) is 0.360. The number of aliphatic hydroxyl groups is 1. The van der Waals surface area contributed by atoms with Gasteiger partial charge in [-0.15, -0.1) is 0 Å². The first-order chi connectivity index (χ1) is 18.0. The van der Waals surface area contributed by atoms with Crippen molar-refractivity contribution in [2.75, 3.05) is 25.0 Å². The van der Waals surface area contributed by atoms with Crippen LogP contribution in [-0.4, -0.2) is 53.0 Å². The van der Waals surface area contributed by atoms with Crippen molar-refractivity contribution < 1.29 is 33.0 Å². The summed E-state index contributed by atoms with van der Waals surface area (Å²) >= 11 is 5.65. The van der Waals surface area contributed by atoms with Gasteiger partial charge >= 0.3 is 12.1 Å². The van der Waals surface area contributed by atoms with Crippen LogP contribution >= 0.6 is 11.6 Å². The van der Waals surface area contributed by atoms with E-state index in [9.17, 15) is 33.0 Å². The summed E-state index contributed by atoms with van der Waals surface area (Å²) in [7, 11) is 0. The van der Waals surface area contributed by atoms with Gasteiger partial charge in [0.15, 0.2) is 0 Å². The van der Waals surface area contributed by atoms with Gasteiger partial charge in [0.2, 0.25) is 0 Å². The summed E-state index contributed by atoms with van der Waals surface area (Å²) in [5.74, 6) is -1.49. The number of rotatable bonds is 11. The number of carboxylic acids is 1. The van der Waals surface area contributed by atoms with E-state index < -0.39 is 47.7 Å². The van der Waals surface area contributed by atoms with Crippen molar-refractivity contribution in [3.05, 3.63) is 69.0 Å². The van der Waals surface area contributed by atoms with Crippen LogP contribution in [0.25, 0.3) is 0 Å². The highest BCUT2D eigenvalue weighted by atomic mass is 35.5. The predicted molar refractivity (Wildman–Crippen MR) is 135 cm³/mol. The van der Waals surface area contributed by atoms with Gasteiger partial charge in [-0.25, -0.2) is 4.98 Å². The van der Waals surface area contributed by atoms with Crippen LogP contribution in [0, 0.1) is 5.41 Å². The number of nitrogens with one attached hydrogen (secondary N) is 4. The highest BCUT2D eigenvalue weighted by Crippen LogP contribution is 2.36. The van der Waals surface area contributed by atoms with E-state index in [0.29, 0.717) is 18.7 Å². The second kappa shape index (κ2) is 12.7. The number of aliphatic hydroxyl groups excluding tert-OH is 1. The zero-order chi connectivity index (χ0) is 27.9. The number of halogens is 4. The lowest BCUT2D eigenvalue weighted by Crippen LogP contribution is -2.34. The molecule has 204 valence electrons. The van der Waals surface area contributed by atoms with Gasteiger partial charge < -0.3 is 31.6 Å². The molecule has 0 aliphatic carbocycles. The number of hydrogen-bond acceptors (Lipinski definition) is 7. The van der Waals surface area contributed by atoms with Crippen LogP contribution in [0.2, 0.25) is 5.02 Å². The maximum Gasteiger partial charge on any atom is 0.417 e. The molecule has 2 aromatic rings. The minimum atomic E-state index is -4.79. The molecule has 0 fully saturated rings. The number of anilines is 1. The van der Waals surface area contributed by atoms with Gasteiger partial charge in [-0.1, -0.05) is 23.7 Å². The number of aliphatic carboxylic acids is 1. The van der Waals surface area contributed by atoms with E-state index in [1.165, 1.54) is 6.07 Å². The Morgan fingerprint density at radius 1 is 1.26 bits per heavy atom. The van der Waals surface area contributed by atoms with E-state index in [1.807, 2.05) is 12.1 Å². The first kappa shape index (κ1) is 28.9. The predicted octanol–water partition coefficient (Wildman–Crippen LogP) is 3.47. The minimum Gasteiger partial charge on any atom is -0.481 e. The van der Waals surface area contributed by atoms with Crippen molar-refractivity contribution >= 4 is 35.5 Å². The number of aryl methyl sites for hydroxylation is 1. The molecule has 38 heavy (non-hydrogen) atoms. The van der Waals surface area contributed by atoms with E-state index in [2.05, 4.69) is 20.9 Å². The lowest BCUT2D eigenvalue weighted by molar-refractivity contribution is -0.138. The average Bonchev–Trinajstić information content (AvgIpc) is 2.87. The Kier molecular flexibility index (Phi) is 9.70. The highest BCUT2D eigenvalue weighted by molar-refractivity contribution is 6.31. The summed E-state index contributed by atoms with van der Waals surface area (Å²) in [6.07, 6.45) is -2.42. The standard InChI is InChI=1S/C25H27ClF3N5O4/c26-19-6-4-15(10-18(19)25(27,28)29)20(11-22(36)37)34-24(38)17(12-30)21(13-35)31-9-7-16-5-3-14-2-1-8-32-23(14)33-16/h3-6,10,12,20,30-31,35H,1-2,7-9,11,13H2,(H,32,33)(H,34,38)(H,36,37)/b21-17+,30-12?. The number of carboxylic acid groups (broad SMARTS) is 1. The molecule has 9 nitrogen and oxygen atoms in total. The maximum absolute atomic E-state index is 13.3. The van der Waals surface area contributed by atoms with Gasteiger partial charge in [-0.2, -0.15) is 13.2 Å². The van der Waals surface area contributed by atoms with Gasteiger partial charge in [0.05, 0.1) is 40.9 Å². The molecule has 1 aliphatic heterocycles. The summed E-state index contributed by atoms with van der Waals surface area (Å²) in [5, 5.41) is 34.7. The summed E-state index contributed by atoms with van der Waals surface area (Å²) < 4.78 is 39.9. The lowest BCUT2D eigenvalue weighted by atomic mass is 10.00. The zero-order valence-corrected chi connectivity index (χ0v) is 20.9. The monoisotopic (exact) mass is 553 g/mol. The molecule has 1 aromatic carbocycles. The Labute approximate surface area is 221 Å². The van der Waals surface area contributed by atoms with Crippen molar-refractivity contribution in [3.63, 3.8) is 0 Å². The number of alkyl halides is 3. The Morgan fingerprint density at radius 2 is 2.03 bits per heavy atom. The molecule has 0 saturated heterocycles. The molecule has 0 bridgehead atoms. The van der Waals surface area contributed by atoms with Gasteiger partial charge in [-0.3, -0.25) is 9.59 Å². The van der Waals surface area contributed by atoms with Crippen LogP contribution in [0.15, 0.2) is 41.6 Å². The molecule has 13 heteroatoms. The lowest BCUT2D eigenvalue weighted by Gasteiger charge is -2.21. The van der Waals surface area contributed by atoms with Crippen LogP contribution in [0.4, 0.5) is 19.0 Å². The zero-order valence-electron chi connectivity index (χ0n) is 20.2. The summed E-state index contributed by atoms with van der Waals surface area (Å²) in [4.78, 5) is 28.9. The molecule has 1 aliphatic rings. The first-order valence-electron chi connectivity index (χ1n) is 11.7. The van der Waals surface area contributed by atoms with E-state index in [-0.39, 0.29) is 23.4 Å². The maximum atomic E-state index is 13.3. The Bertz CT molecular complexity index is 1240. The van der Waals surface area contributed by atoms with Crippen LogP contribution in [-0.2, 0) is 28.6 Å². The van der Waals surface area contributed by atoms with Crippen LogP contribution in [0.5, 0.6) is 0 Å². The summed E-state index contributed by atoms with van der Waals surface area (Å²) in [6, 6.07) is 5.35. The SMILES string of the molecule is N=C/C(C(=O)NC(CC(=O)O)c1ccc(Cl)c(C(F)(F)F)c1)=C(/CO)NCCc1ccc2c(n1)NCCC2. The molecular formula is C25H27ClF3N5O4. The number of aromatic nitrogens is 1. The van der Waals surface area contributed by atoms with E-state index >= 15 is 0 Å². The van der Waals surface area contributed by atoms with Crippen molar-refractivity contribution in [3.8, 4) is 0 Å². The van der Waals surface area contributed by atoms with Crippen LogP contribution in [0.1, 0.15) is 41.3 Å². The van der Waals surface area contributed by atoms with Gasteiger partial charge in [-0.05, 0) is 42.2 Å². The van der Waals surface area contributed by atoms with Crippen molar-refractivity contribution in [2.24, 2.45) is 0 Å². The molecule has 1 aromatic heterocycles. The molecule has 2 heterocycles. The summed E-state index contributed by atoms with van der Waals surface area (Å²) in [5.41, 5.74) is 0.294. The second-order valence-corrected chi connectivity index (χ2v) is 8.98. The van der Waals surface area contributed by atoms with Gasteiger partial charge in [0.25, 0.3) is 5.91 Å². The van der Waals surface area contributed by atoms with Gasteiger partial charge in [0.1, 0.15) is 5.82 Å². The largest absolute Gasteiger partial charge is 0.481 e. The van der Waals surface area contributed by atoms with Gasteiger partial charge in [0, 0.05) is 31.4 Å². The molecule has 0 radical (unpaired) electrons. The third-order valence-electron chi connectivity index (χ3n) is 5.93.